The maximum atomic E-state index is 12.3. The van der Waals surface area contributed by atoms with Gasteiger partial charge in [0.25, 0.3) is 0 Å². The van der Waals surface area contributed by atoms with Gasteiger partial charge < -0.3 is 24.0 Å². The molecule has 1 aromatic rings. The lowest BCUT2D eigenvalue weighted by atomic mass is 9.99. The number of ether oxygens (including phenoxy) is 1. The predicted octanol–water partition coefficient (Wildman–Crippen LogP) is 3.87. The van der Waals surface area contributed by atoms with Gasteiger partial charge in [-0.05, 0) is 72.6 Å². The number of urea groups is 1. The molecule has 2 N–H and O–H groups in total. The number of nitrogens with zero attached hydrogens (tertiary/aromatic N) is 1. The van der Waals surface area contributed by atoms with E-state index >= 15 is 0 Å². The van der Waals surface area contributed by atoms with Gasteiger partial charge in [0.2, 0.25) is 0 Å². The van der Waals surface area contributed by atoms with Crippen LogP contribution in [0.5, 0.6) is 0 Å². The Labute approximate surface area is 149 Å². The Morgan fingerprint density at radius 2 is 1.92 bits per heavy atom. The number of amides is 2. The maximum absolute atomic E-state index is 12.3. The summed E-state index contributed by atoms with van der Waals surface area (Å²) < 4.78 is 20.8. The summed E-state index contributed by atoms with van der Waals surface area (Å²) in [6.07, 6.45) is 8.29. The highest BCUT2D eigenvalue weighted by molar-refractivity contribution is 7.80. The Hall–Kier alpha value is -2.15. The van der Waals surface area contributed by atoms with E-state index in [9.17, 15) is 9.00 Å². The topological polar surface area (TPSA) is 91.6 Å². The zero-order valence-electron chi connectivity index (χ0n) is 14.3. The number of hydrogen-bond donors (Lipinski definition) is 2. The minimum atomic E-state index is -1.95. The highest BCUT2D eigenvalue weighted by atomic mass is 32.2. The number of hydrogen-bond acceptors (Lipinski definition) is 5. The summed E-state index contributed by atoms with van der Waals surface area (Å²) >= 11 is 0. The Kier molecular flexibility index (Phi) is 5.53. The van der Waals surface area contributed by atoms with Crippen LogP contribution in [0.2, 0.25) is 0 Å². The molecule has 3 rings (SSSR count). The highest BCUT2D eigenvalue weighted by Crippen LogP contribution is 2.38. The van der Waals surface area contributed by atoms with Gasteiger partial charge in [0.05, 0.1) is 12.9 Å². The molecule has 0 spiro atoms. The second-order valence-corrected chi connectivity index (χ2v) is 7.28. The van der Waals surface area contributed by atoms with Crippen molar-refractivity contribution >= 4 is 28.5 Å². The number of carbonyl (C=O) groups is 1. The molecule has 0 saturated heterocycles. The van der Waals surface area contributed by atoms with E-state index in [1.165, 1.54) is 28.5 Å². The molecule has 0 atom stereocenters. The quantitative estimate of drug-likeness (QED) is 0.474. The number of aryl methyl sites for hydroxylation is 2. The number of allylic oxidation sites excluding steroid dienone is 1. The Morgan fingerprint density at radius 1 is 1.28 bits per heavy atom. The molecule has 2 aliphatic carbocycles. The van der Waals surface area contributed by atoms with E-state index in [2.05, 4.69) is 15.7 Å². The summed E-state index contributed by atoms with van der Waals surface area (Å²) in [6, 6.07) is 1.64. The number of carbonyl (C=O) groups excluding carboxylic acids is 1. The molecular weight excluding hydrogens is 338 g/mol. The Balaban J connectivity index is 1.86. The summed E-state index contributed by atoms with van der Waals surface area (Å²) in [6.45, 7) is 2.17. The number of benzene rings is 1. The van der Waals surface area contributed by atoms with Crippen LogP contribution in [0.1, 0.15) is 42.0 Å². The van der Waals surface area contributed by atoms with Crippen molar-refractivity contribution in [1.82, 2.24) is 0 Å². The molecule has 0 heterocycles. The molecule has 7 heteroatoms. The Bertz CT molecular complexity index is 791. The van der Waals surface area contributed by atoms with Crippen molar-refractivity contribution < 1.29 is 13.7 Å². The molecule has 0 aliphatic heterocycles. The van der Waals surface area contributed by atoms with Crippen molar-refractivity contribution in [3.8, 4) is 0 Å². The molecule has 134 valence electrons. The lowest BCUT2D eigenvalue weighted by molar-refractivity contribution is 0.260. The third-order valence-corrected chi connectivity index (χ3v) is 5.53. The molecule has 6 nitrogen and oxygen atoms in total. The summed E-state index contributed by atoms with van der Waals surface area (Å²) in [4.78, 5) is 12.4. The molecule has 0 radical (unpaired) electrons. The number of nitrogens with one attached hydrogen (secondary N) is 2. The van der Waals surface area contributed by atoms with Crippen LogP contribution in [0.3, 0.4) is 0 Å². The van der Waals surface area contributed by atoms with Gasteiger partial charge in [-0.1, -0.05) is 6.07 Å². The van der Waals surface area contributed by atoms with Crippen LogP contribution in [0.15, 0.2) is 21.6 Å². The van der Waals surface area contributed by atoms with Crippen LogP contribution >= 0.6 is 0 Å². The highest BCUT2D eigenvalue weighted by Gasteiger charge is 2.24. The van der Waals surface area contributed by atoms with Gasteiger partial charge in [0.1, 0.15) is 0 Å². The second kappa shape index (κ2) is 7.82. The normalized spacial score (nSPS) is 17.1. The van der Waals surface area contributed by atoms with E-state index in [4.69, 9.17) is 10.1 Å². The average Bonchev–Trinajstić information content (AvgIpc) is 3.24. The van der Waals surface area contributed by atoms with E-state index in [1.807, 2.05) is 0 Å². The molecule has 0 unspecified atom stereocenters. The fraction of sp³-hybridized carbons (Fsp3) is 0.444. The van der Waals surface area contributed by atoms with Gasteiger partial charge in [-0.25, -0.2) is 4.79 Å². The third kappa shape index (κ3) is 3.76. The fourth-order valence-electron chi connectivity index (χ4n) is 3.52. The monoisotopic (exact) mass is 360 g/mol. The number of anilines is 1. The zero-order chi connectivity index (χ0) is 17.8. The van der Waals surface area contributed by atoms with Gasteiger partial charge in [-0.3, -0.25) is 0 Å². The molecule has 0 bridgehead atoms. The molecule has 0 fully saturated rings. The Morgan fingerprint density at radius 3 is 2.48 bits per heavy atom. The fourth-order valence-corrected chi connectivity index (χ4v) is 4.07. The van der Waals surface area contributed by atoms with Crippen molar-refractivity contribution in [2.24, 2.45) is 4.36 Å². The van der Waals surface area contributed by atoms with E-state index < -0.39 is 16.6 Å². The molecule has 25 heavy (non-hydrogen) atoms. The van der Waals surface area contributed by atoms with E-state index in [0.29, 0.717) is 6.61 Å². The van der Waals surface area contributed by atoms with Gasteiger partial charge in [-0.2, -0.15) is 0 Å². The smallest absolute Gasteiger partial charge is 0.322 e. The predicted molar refractivity (Wildman–Crippen MR) is 98.5 cm³/mol. The van der Waals surface area contributed by atoms with Crippen LogP contribution < -0.4 is 5.32 Å². The largest absolute Gasteiger partial charge is 0.503 e. The van der Waals surface area contributed by atoms with Crippen LogP contribution in [0.25, 0.3) is 0 Å². The van der Waals surface area contributed by atoms with Crippen molar-refractivity contribution in [3.63, 3.8) is 0 Å². The van der Waals surface area contributed by atoms with Crippen LogP contribution in [-0.2, 0) is 45.2 Å². The lowest BCUT2D eigenvalue weighted by Gasteiger charge is -2.15. The molecular formula is C18H22N3O3S-. The van der Waals surface area contributed by atoms with Crippen LogP contribution in [0.4, 0.5) is 10.5 Å². The molecule has 2 amide bonds. The molecule has 0 saturated carbocycles. The first-order valence-electron chi connectivity index (χ1n) is 8.57. The molecule has 1 aromatic carbocycles. The molecule has 0 aromatic heterocycles. The minimum absolute atomic E-state index is 0.0560. The van der Waals surface area contributed by atoms with Gasteiger partial charge in [-0.15, -0.1) is 10.6 Å². The van der Waals surface area contributed by atoms with E-state index in [0.717, 1.165) is 50.4 Å². The standard InChI is InChI=1S/C18H22N3O3S/c1-2-24-11-14(10-19)25(23)21-18(22)20-17-15-7-3-5-12(15)9-13-6-4-8-16(13)17/h9-11,19H,2-8H2,1H3,(H,20,22)/q-1/b14-11-,19-10?. The number of rotatable bonds is 5. The van der Waals surface area contributed by atoms with Crippen molar-refractivity contribution in [1.29, 1.82) is 5.41 Å². The summed E-state index contributed by atoms with van der Waals surface area (Å²) in [5.74, 6) is 0. The SMILES string of the molecule is CCO/C=C(/C=N)[S-](=O)=NC(=O)Nc1c2c(cc3c1CCC3)CCC2. The summed E-state index contributed by atoms with van der Waals surface area (Å²) in [5.41, 5.74) is 5.90. The summed E-state index contributed by atoms with van der Waals surface area (Å²) in [5, 5.41) is 10.1. The number of fused-ring (bicyclic) bond motifs is 2. The van der Waals surface area contributed by atoms with Crippen LogP contribution in [-0.4, -0.2) is 18.9 Å². The summed E-state index contributed by atoms with van der Waals surface area (Å²) in [7, 11) is -1.95. The first-order chi connectivity index (χ1) is 12.1. The first-order valence-corrected chi connectivity index (χ1v) is 9.68. The van der Waals surface area contributed by atoms with Crippen LogP contribution in [0, 0.1) is 5.41 Å². The second-order valence-electron chi connectivity index (χ2n) is 6.12. The van der Waals surface area contributed by atoms with E-state index in [1.54, 1.807) is 6.92 Å². The first kappa shape index (κ1) is 17.7. The maximum Gasteiger partial charge on any atom is 0.322 e. The minimum Gasteiger partial charge on any atom is -0.503 e. The molecule has 2 aliphatic rings. The van der Waals surface area contributed by atoms with Crippen molar-refractivity contribution in [2.75, 3.05) is 11.9 Å². The van der Waals surface area contributed by atoms with E-state index in [-0.39, 0.29) is 4.91 Å². The van der Waals surface area contributed by atoms with Gasteiger partial charge in [0.15, 0.2) is 0 Å². The zero-order valence-corrected chi connectivity index (χ0v) is 15.1. The van der Waals surface area contributed by atoms with Crippen molar-refractivity contribution in [2.45, 2.75) is 45.4 Å². The van der Waals surface area contributed by atoms with Crippen molar-refractivity contribution in [3.05, 3.63) is 39.5 Å². The van der Waals surface area contributed by atoms with Gasteiger partial charge >= 0.3 is 6.03 Å². The lowest BCUT2D eigenvalue weighted by Crippen LogP contribution is -2.11. The average molecular weight is 360 g/mol. The van der Waals surface area contributed by atoms with Gasteiger partial charge in [0, 0.05) is 11.9 Å². The third-order valence-electron chi connectivity index (χ3n) is 4.58.